The second kappa shape index (κ2) is 9.79. The molecule has 8 nitrogen and oxygen atoms in total. The standard InChI is InChI=1S/C16H21Cl2N5O3.BrH/c17-11-3-1-4-12(13(11)18)25-7-2-8-26-23-15(20)21-14(19)22-16(23)5-9-24-10-6-16;/h1,3-4H,2,5-10H2,(H4,19,20,21,22);1H. The zero-order chi connectivity index (χ0) is 18.6. The Hall–Kier alpha value is -1.26. The van der Waals surface area contributed by atoms with E-state index in [9.17, 15) is 0 Å². The maximum Gasteiger partial charge on any atom is 0.226 e. The molecule has 2 heterocycles. The molecule has 0 radical (unpaired) electrons. The molecule has 11 heteroatoms. The predicted molar refractivity (Wildman–Crippen MR) is 111 cm³/mol. The Bertz CT molecular complexity index is 713. The van der Waals surface area contributed by atoms with Gasteiger partial charge in [0.15, 0.2) is 5.66 Å². The van der Waals surface area contributed by atoms with E-state index < -0.39 is 5.66 Å². The highest BCUT2D eigenvalue weighted by Gasteiger charge is 2.43. The molecule has 1 aromatic rings. The first-order valence-corrected chi connectivity index (χ1v) is 9.05. The highest BCUT2D eigenvalue weighted by molar-refractivity contribution is 8.93. The molecule has 27 heavy (non-hydrogen) atoms. The van der Waals surface area contributed by atoms with E-state index in [0.717, 1.165) is 0 Å². The molecule has 1 fully saturated rings. The minimum atomic E-state index is -0.661. The second-order valence-corrected chi connectivity index (χ2v) is 6.70. The van der Waals surface area contributed by atoms with E-state index in [1.165, 1.54) is 5.06 Å². The van der Waals surface area contributed by atoms with Gasteiger partial charge in [0.05, 0.1) is 31.5 Å². The van der Waals surface area contributed by atoms with Crippen molar-refractivity contribution < 1.29 is 14.3 Å². The van der Waals surface area contributed by atoms with Gasteiger partial charge in [-0.1, -0.05) is 29.3 Å². The number of rotatable bonds is 6. The van der Waals surface area contributed by atoms with Crippen LogP contribution in [-0.4, -0.2) is 49.1 Å². The van der Waals surface area contributed by atoms with Gasteiger partial charge in [0.1, 0.15) is 10.8 Å². The summed E-state index contributed by atoms with van der Waals surface area (Å²) in [6.45, 7) is 1.89. The van der Waals surface area contributed by atoms with E-state index in [2.05, 4.69) is 9.98 Å². The summed E-state index contributed by atoms with van der Waals surface area (Å²) in [6, 6.07) is 5.25. The van der Waals surface area contributed by atoms with E-state index in [1.807, 2.05) is 0 Å². The molecule has 3 rings (SSSR count). The summed E-state index contributed by atoms with van der Waals surface area (Å²) in [6.07, 6.45) is 1.86. The molecule has 1 saturated heterocycles. The van der Waals surface area contributed by atoms with Crippen LogP contribution in [0.4, 0.5) is 0 Å². The van der Waals surface area contributed by atoms with Crippen molar-refractivity contribution in [2.45, 2.75) is 24.9 Å². The van der Waals surface area contributed by atoms with Gasteiger partial charge < -0.3 is 20.9 Å². The highest BCUT2D eigenvalue weighted by atomic mass is 79.9. The molecule has 2 aliphatic heterocycles. The van der Waals surface area contributed by atoms with Crippen molar-refractivity contribution in [1.29, 1.82) is 0 Å². The molecule has 0 saturated carbocycles. The van der Waals surface area contributed by atoms with Gasteiger partial charge in [0.2, 0.25) is 11.9 Å². The quantitative estimate of drug-likeness (QED) is 0.603. The Kier molecular flexibility index (Phi) is 7.99. The Labute approximate surface area is 178 Å². The summed E-state index contributed by atoms with van der Waals surface area (Å²) in [5.74, 6) is 0.887. The van der Waals surface area contributed by atoms with Crippen LogP contribution in [0.2, 0.25) is 10.0 Å². The largest absolute Gasteiger partial charge is 0.492 e. The number of ether oxygens (including phenoxy) is 2. The van der Waals surface area contributed by atoms with Gasteiger partial charge in [-0.05, 0) is 12.1 Å². The minimum absolute atomic E-state index is 0. The van der Waals surface area contributed by atoms with Crippen LogP contribution in [0.1, 0.15) is 19.3 Å². The van der Waals surface area contributed by atoms with Crippen molar-refractivity contribution in [3.05, 3.63) is 28.2 Å². The fourth-order valence-corrected chi connectivity index (χ4v) is 3.20. The van der Waals surface area contributed by atoms with Crippen LogP contribution in [0.3, 0.4) is 0 Å². The van der Waals surface area contributed by atoms with Crippen molar-refractivity contribution in [3.8, 4) is 5.75 Å². The van der Waals surface area contributed by atoms with E-state index >= 15 is 0 Å². The average Bonchev–Trinajstić information content (AvgIpc) is 2.61. The lowest BCUT2D eigenvalue weighted by Crippen LogP contribution is -2.59. The fourth-order valence-electron chi connectivity index (χ4n) is 2.85. The molecule has 4 N–H and O–H groups in total. The van der Waals surface area contributed by atoms with E-state index in [-0.39, 0.29) is 28.9 Å². The highest BCUT2D eigenvalue weighted by Crippen LogP contribution is 2.33. The van der Waals surface area contributed by atoms with Gasteiger partial charge in [-0.2, -0.15) is 10.1 Å². The summed E-state index contributed by atoms with van der Waals surface area (Å²) in [4.78, 5) is 14.3. The van der Waals surface area contributed by atoms with E-state index in [1.54, 1.807) is 18.2 Å². The van der Waals surface area contributed by atoms with Crippen LogP contribution in [-0.2, 0) is 9.57 Å². The number of hydroxylamine groups is 2. The lowest BCUT2D eigenvalue weighted by atomic mass is 10.0. The van der Waals surface area contributed by atoms with Gasteiger partial charge in [0, 0.05) is 19.3 Å². The normalized spacial score (nSPS) is 18.5. The van der Waals surface area contributed by atoms with Crippen LogP contribution < -0.4 is 16.2 Å². The third-order valence-corrected chi connectivity index (χ3v) is 4.92. The number of benzene rings is 1. The number of hydrogen-bond acceptors (Lipinski definition) is 8. The van der Waals surface area contributed by atoms with Gasteiger partial charge in [-0.3, -0.25) is 4.84 Å². The average molecular weight is 483 g/mol. The number of guanidine groups is 2. The van der Waals surface area contributed by atoms with Crippen LogP contribution in [0.5, 0.6) is 5.75 Å². The summed E-state index contributed by atoms with van der Waals surface area (Å²) in [7, 11) is 0. The Morgan fingerprint density at radius 2 is 1.93 bits per heavy atom. The summed E-state index contributed by atoms with van der Waals surface area (Å²) in [5.41, 5.74) is 11.1. The fraction of sp³-hybridized carbons (Fsp3) is 0.500. The molecule has 150 valence electrons. The van der Waals surface area contributed by atoms with E-state index in [0.29, 0.717) is 61.5 Å². The van der Waals surface area contributed by atoms with Crippen molar-refractivity contribution in [1.82, 2.24) is 5.06 Å². The Morgan fingerprint density at radius 1 is 1.19 bits per heavy atom. The molecule has 0 bridgehead atoms. The zero-order valence-corrected chi connectivity index (χ0v) is 17.8. The van der Waals surface area contributed by atoms with Crippen LogP contribution >= 0.6 is 40.2 Å². The number of hydrogen-bond donors (Lipinski definition) is 2. The number of nitrogens with zero attached hydrogens (tertiary/aromatic N) is 3. The first-order valence-electron chi connectivity index (χ1n) is 8.29. The molecular formula is C16H22BrCl2N5O3. The van der Waals surface area contributed by atoms with E-state index in [4.69, 9.17) is 49.0 Å². The molecule has 1 aromatic carbocycles. The number of nitrogens with two attached hydrogens (primary N) is 2. The first kappa shape index (κ1) is 22.0. The van der Waals surface area contributed by atoms with Gasteiger partial charge in [-0.15, -0.1) is 17.0 Å². The van der Waals surface area contributed by atoms with Gasteiger partial charge >= 0.3 is 0 Å². The minimum Gasteiger partial charge on any atom is -0.492 e. The van der Waals surface area contributed by atoms with Gasteiger partial charge in [0.25, 0.3) is 0 Å². The predicted octanol–water partition coefficient (Wildman–Crippen LogP) is 2.72. The van der Waals surface area contributed by atoms with Gasteiger partial charge in [-0.25, -0.2) is 4.99 Å². The lowest BCUT2D eigenvalue weighted by Gasteiger charge is -2.43. The molecule has 2 aliphatic rings. The Morgan fingerprint density at radius 3 is 2.67 bits per heavy atom. The monoisotopic (exact) mass is 481 g/mol. The third-order valence-electron chi connectivity index (χ3n) is 4.11. The first-order chi connectivity index (χ1) is 12.5. The van der Waals surface area contributed by atoms with Crippen molar-refractivity contribution in [3.63, 3.8) is 0 Å². The van der Waals surface area contributed by atoms with Crippen molar-refractivity contribution >= 4 is 52.1 Å². The van der Waals surface area contributed by atoms with Crippen molar-refractivity contribution in [2.24, 2.45) is 21.5 Å². The van der Waals surface area contributed by atoms with Crippen molar-refractivity contribution in [2.75, 3.05) is 26.4 Å². The number of halogens is 3. The molecule has 0 atom stereocenters. The van der Waals surface area contributed by atoms with Crippen LogP contribution in [0.25, 0.3) is 0 Å². The zero-order valence-electron chi connectivity index (χ0n) is 14.6. The summed E-state index contributed by atoms with van der Waals surface area (Å²) < 4.78 is 11.1. The topological polar surface area (TPSA) is 108 Å². The summed E-state index contributed by atoms with van der Waals surface area (Å²) in [5, 5.41) is 2.39. The SMILES string of the molecule is Br.NC1=NC2(CCOCC2)N(OCCCOc2cccc(Cl)c2Cl)C(N)=N1. The summed E-state index contributed by atoms with van der Waals surface area (Å²) >= 11 is 12.1. The lowest BCUT2D eigenvalue weighted by molar-refractivity contribution is -0.190. The van der Waals surface area contributed by atoms with Crippen LogP contribution in [0, 0.1) is 0 Å². The second-order valence-electron chi connectivity index (χ2n) is 5.92. The maximum atomic E-state index is 6.09. The smallest absolute Gasteiger partial charge is 0.226 e. The molecular weight excluding hydrogens is 461 g/mol. The molecule has 1 spiro atoms. The maximum absolute atomic E-state index is 6.09. The Balaban J connectivity index is 0.00000261. The molecule has 0 aromatic heterocycles. The van der Waals surface area contributed by atoms with Crippen LogP contribution in [0.15, 0.2) is 28.2 Å². The third kappa shape index (κ3) is 5.17. The molecule has 0 amide bonds. The molecule has 0 aliphatic carbocycles. The number of aliphatic imine (C=N–C) groups is 2. The molecule has 0 unspecified atom stereocenters.